The van der Waals surface area contributed by atoms with Crippen LogP contribution in [-0.4, -0.2) is 72.3 Å². The van der Waals surface area contributed by atoms with E-state index in [-0.39, 0.29) is 11.3 Å². The van der Waals surface area contributed by atoms with Crippen molar-refractivity contribution in [2.75, 3.05) is 39.8 Å². The van der Waals surface area contributed by atoms with E-state index in [0.29, 0.717) is 18.4 Å². The van der Waals surface area contributed by atoms with Gasteiger partial charge in [-0.15, -0.1) is 11.3 Å². The molecule has 3 saturated heterocycles. The van der Waals surface area contributed by atoms with Gasteiger partial charge in [0.1, 0.15) is 0 Å². The first-order valence-electron chi connectivity index (χ1n) is 9.78. The zero-order chi connectivity index (χ0) is 18.3. The maximum Gasteiger partial charge on any atom is 0.254 e. The van der Waals surface area contributed by atoms with Crippen molar-refractivity contribution in [1.29, 1.82) is 0 Å². The van der Waals surface area contributed by atoms with Crippen LogP contribution < -0.4 is 0 Å². The number of carbonyl (C=O) groups excluding carboxylic acids is 2. The second kappa shape index (κ2) is 6.97. The third kappa shape index (κ3) is 3.41. The van der Waals surface area contributed by atoms with Crippen LogP contribution in [0.25, 0.3) is 0 Å². The Morgan fingerprint density at radius 3 is 2.62 bits per heavy atom. The summed E-state index contributed by atoms with van der Waals surface area (Å²) in [4.78, 5) is 32.9. The Kier molecular flexibility index (Phi) is 4.82. The summed E-state index contributed by atoms with van der Waals surface area (Å²) in [5, 5.41) is 1.97. The van der Waals surface area contributed by atoms with Crippen molar-refractivity contribution in [2.45, 2.75) is 45.1 Å². The summed E-state index contributed by atoms with van der Waals surface area (Å²) in [5.74, 6) is 0.508. The minimum absolute atomic E-state index is 0.172. The second-order valence-electron chi connectivity index (χ2n) is 8.46. The van der Waals surface area contributed by atoms with Crippen LogP contribution >= 0.6 is 11.3 Å². The zero-order valence-electron chi connectivity index (χ0n) is 15.9. The minimum Gasteiger partial charge on any atom is -0.339 e. The number of likely N-dealkylation sites (N-methyl/N-ethyl adjacent to an activating group) is 1. The number of thiophene rings is 1. The summed E-state index contributed by atoms with van der Waals surface area (Å²) >= 11 is 1.64. The number of carbonyl (C=O) groups is 2. The lowest BCUT2D eigenvalue weighted by Gasteiger charge is -2.49. The molecule has 26 heavy (non-hydrogen) atoms. The molecule has 4 heterocycles. The molecule has 0 bridgehead atoms. The van der Waals surface area contributed by atoms with E-state index in [1.807, 2.05) is 23.3 Å². The molecule has 4 rings (SSSR count). The summed E-state index contributed by atoms with van der Waals surface area (Å²) in [6.07, 6.45) is 4.81. The maximum atomic E-state index is 12.7. The molecule has 5 nitrogen and oxygen atoms in total. The smallest absolute Gasteiger partial charge is 0.254 e. The Hall–Kier alpha value is -1.40. The largest absolute Gasteiger partial charge is 0.339 e. The lowest BCUT2D eigenvalue weighted by atomic mass is 9.72. The van der Waals surface area contributed by atoms with Crippen molar-refractivity contribution in [3.8, 4) is 0 Å². The SMILES string of the molecule is Cc1cc(C(=O)N2CCC3(CCC(=O)N([C@H]4CCN(C)C4)C3)CC2)cs1. The lowest BCUT2D eigenvalue weighted by Crippen LogP contribution is -2.55. The van der Waals surface area contributed by atoms with Gasteiger partial charge in [-0.1, -0.05) is 0 Å². The van der Waals surface area contributed by atoms with Crippen LogP contribution in [-0.2, 0) is 4.79 Å². The van der Waals surface area contributed by atoms with Crippen LogP contribution in [0.1, 0.15) is 47.3 Å². The number of likely N-dealkylation sites (tertiary alicyclic amines) is 3. The molecule has 3 aliphatic heterocycles. The van der Waals surface area contributed by atoms with Crippen molar-refractivity contribution in [1.82, 2.24) is 14.7 Å². The summed E-state index contributed by atoms with van der Waals surface area (Å²) in [6, 6.07) is 2.38. The highest BCUT2D eigenvalue weighted by molar-refractivity contribution is 7.10. The Morgan fingerprint density at radius 2 is 2.00 bits per heavy atom. The van der Waals surface area contributed by atoms with Gasteiger partial charge in [-0.25, -0.2) is 0 Å². The molecule has 1 aromatic heterocycles. The van der Waals surface area contributed by atoms with Crippen LogP contribution in [0.5, 0.6) is 0 Å². The van der Waals surface area contributed by atoms with Gasteiger partial charge in [0.25, 0.3) is 5.91 Å². The molecular formula is C20H29N3O2S. The Balaban J connectivity index is 1.39. The molecule has 3 fully saturated rings. The molecular weight excluding hydrogens is 346 g/mol. The van der Waals surface area contributed by atoms with Crippen LogP contribution in [0, 0.1) is 12.3 Å². The number of hydrogen-bond acceptors (Lipinski definition) is 4. The first-order valence-corrected chi connectivity index (χ1v) is 10.7. The average molecular weight is 376 g/mol. The lowest BCUT2D eigenvalue weighted by molar-refractivity contribution is -0.141. The predicted octanol–water partition coefficient (Wildman–Crippen LogP) is 2.61. The first-order chi connectivity index (χ1) is 12.5. The molecule has 1 aromatic rings. The van der Waals surface area contributed by atoms with Crippen molar-refractivity contribution in [2.24, 2.45) is 5.41 Å². The number of rotatable bonds is 2. The van der Waals surface area contributed by atoms with E-state index in [1.165, 1.54) is 4.88 Å². The topological polar surface area (TPSA) is 43.9 Å². The van der Waals surface area contributed by atoms with E-state index in [2.05, 4.69) is 16.8 Å². The van der Waals surface area contributed by atoms with E-state index < -0.39 is 0 Å². The molecule has 0 aromatic carbocycles. The van der Waals surface area contributed by atoms with Crippen molar-refractivity contribution in [3.05, 3.63) is 21.9 Å². The monoisotopic (exact) mass is 375 g/mol. The highest BCUT2D eigenvalue weighted by atomic mass is 32.1. The van der Waals surface area contributed by atoms with Gasteiger partial charge in [0.05, 0.1) is 5.56 Å². The standard InChI is InChI=1S/C20H29N3O2S/c1-15-11-16(13-26-15)19(25)22-9-6-20(7-10-22)5-3-18(24)23(14-20)17-4-8-21(2)12-17/h11,13,17H,3-10,12,14H2,1-2H3/t17-/m0/s1. The third-order valence-electron chi connectivity index (χ3n) is 6.59. The molecule has 0 N–H and O–H groups in total. The zero-order valence-corrected chi connectivity index (χ0v) is 16.7. The molecule has 2 amide bonds. The van der Waals surface area contributed by atoms with Gasteiger partial charge in [-0.05, 0) is 57.7 Å². The molecule has 0 aliphatic carbocycles. The van der Waals surface area contributed by atoms with E-state index in [9.17, 15) is 9.59 Å². The van der Waals surface area contributed by atoms with Crippen LogP contribution in [0.15, 0.2) is 11.4 Å². The average Bonchev–Trinajstić information content (AvgIpc) is 3.26. The molecule has 0 radical (unpaired) electrons. The number of aryl methyl sites for hydroxylation is 1. The molecule has 0 saturated carbocycles. The summed E-state index contributed by atoms with van der Waals surface area (Å²) in [7, 11) is 2.14. The minimum atomic E-state index is 0.172. The van der Waals surface area contributed by atoms with Gasteiger partial charge in [0.15, 0.2) is 0 Å². The molecule has 1 spiro atoms. The highest BCUT2D eigenvalue weighted by Gasteiger charge is 2.44. The number of piperidine rings is 2. The fourth-order valence-corrected chi connectivity index (χ4v) is 5.55. The van der Waals surface area contributed by atoms with E-state index in [1.54, 1.807) is 11.3 Å². The fourth-order valence-electron chi connectivity index (χ4n) is 4.87. The summed E-state index contributed by atoms with van der Waals surface area (Å²) in [6.45, 7) is 6.67. The molecule has 1 atom stereocenters. The molecule has 0 unspecified atom stereocenters. The summed E-state index contributed by atoms with van der Waals surface area (Å²) < 4.78 is 0. The maximum absolute atomic E-state index is 12.7. The quantitative estimate of drug-likeness (QED) is 0.798. The van der Waals surface area contributed by atoms with E-state index >= 15 is 0 Å². The molecule has 142 valence electrons. The van der Waals surface area contributed by atoms with Crippen molar-refractivity contribution >= 4 is 23.2 Å². The van der Waals surface area contributed by atoms with Crippen LogP contribution in [0.4, 0.5) is 0 Å². The second-order valence-corrected chi connectivity index (χ2v) is 9.58. The molecule has 6 heteroatoms. The van der Waals surface area contributed by atoms with E-state index in [0.717, 1.165) is 64.0 Å². The van der Waals surface area contributed by atoms with Gasteiger partial charge in [0.2, 0.25) is 5.91 Å². The Bertz CT molecular complexity index is 693. The number of hydrogen-bond donors (Lipinski definition) is 0. The summed E-state index contributed by atoms with van der Waals surface area (Å²) in [5.41, 5.74) is 1.05. The Morgan fingerprint density at radius 1 is 1.23 bits per heavy atom. The normalized spacial score (nSPS) is 26.7. The molecule has 3 aliphatic rings. The Labute approximate surface area is 159 Å². The first kappa shape index (κ1) is 18.0. The van der Waals surface area contributed by atoms with Gasteiger partial charge >= 0.3 is 0 Å². The van der Waals surface area contributed by atoms with Crippen molar-refractivity contribution < 1.29 is 9.59 Å². The predicted molar refractivity (Wildman–Crippen MR) is 103 cm³/mol. The van der Waals surface area contributed by atoms with Crippen molar-refractivity contribution in [3.63, 3.8) is 0 Å². The van der Waals surface area contributed by atoms with Crippen LogP contribution in [0.3, 0.4) is 0 Å². The van der Waals surface area contributed by atoms with Gasteiger partial charge < -0.3 is 14.7 Å². The van der Waals surface area contributed by atoms with E-state index in [4.69, 9.17) is 0 Å². The van der Waals surface area contributed by atoms with Gasteiger partial charge in [-0.2, -0.15) is 0 Å². The number of nitrogens with zero attached hydrogens (tertiary/aromatic N) is 3. The third-order valence-corrected chi connectivity index (χ3v) is 7.45. The fraction of sp³-hybridized carbons (Fsp3) is 0.700. The number of amides is 2. The van der Waals surface area contributed by atoms with Crippen LogP contribution in [0.2, 0.25) is 0 Å². The van der Waals surface area contributed by atoms with Gasteiger partial charge in [0, 0.05) is 48.9 Å². The highest BCUT2D eigenvalue weighted by Crippen LogP contribution is 2.41. The van der Waals surface area contributed by atoms with Gasteiger partial charge in [-0.3, -0.25) is 9.59 Å².